The van der Waals surface area contributed by atoms with Gasteiger partial charge in [0.1, 0.15) is 23.1 Å². The van der Waals surface area contributed by atoms with E-state index in [0.717, 1.165) is 16.3 Å². The summed E-state index contributed by atoms with van der Waals surface area (Å²) in [5.74, 6) is -0.0285. The zero-order chi connectivity index (χ0) is 23.9. The van der Waals surface area contributed by atoms with Crippen molar-refractivity contribution in [2.45, 2.75) is 26.3 Å². The largest absolute Gasteiger partial charge is 0.494 e. The first-order chi connectivity index (χ1) is 15.4. The second kappa shape index (κ2) is 6.77. The Labute approximate surface area is 188 Å². The minimum absolute atomic E-state index is 0.00700. The lowest BCUT2D eigenvalue weighted by Crippen LogP contribution is -2.36. The molecule has 0 atom stereocenters. The average molecular weight is 474 g/mol. The monoisotopic (exact) mass is 473 g/mol. The number of ether oxygens (including phenoxy) is 1. The molecule has 0 aliphatic carbocycles. The number of aryl methyl sites for hydroxylation is 1. The second-order valence-electron chi connectivity index (χ2n) is 8.58. The Morgan fingerprint density at radius 2 is 1.88 bits per heavy atom. The van der Waals surface area contributed by atoms with Gasteiger partial charge in [-0.1, -0.05) is 0 Å². The molecule has 2 aromatic carbocycles. The number of fused-ring (bicyclic) bond motifs is 4. The van der Waals surface area contributed by atoms with Gasteiger partial charge in [-0.25, -0.2) is 21.2 Å². The van der Waals surface area contributed by atoms with Crippen molar-refractivity contribution in [3.63, 3.8) is 0 Å². The fourth-order valence-electron chi connectivity index (χ4n) is 4.49. The maximum absolute atomic E-state index is 15.7. The first-order valence-electron chi connectivity index (χ1n) is 10.1. The number of nitrogens with zero attached hydrogens (tertiary/aromatic N) is 4. The van der Waals surface area contributed by atoms with Crippen LogP contribution in [0.4, 0.5) is 14.5 Å². The molecule has 0 amide bonds. The Balaban J connectivity index is 1.90. The highest BCUT2D eigenvalue weighted by Gasteiger charge is 2.37. The van der Waals surface area contributed by atoms with Gasteiger partial charge in [0.25, 0.3) is 0 Å². The fraction of sp³-hybridized carbons (Fsp3) is 0.273. The lowest BCUT2D eigenvalue weighted by Gasteiger charge is -2.35. The number of halogens is 2. The lowest BCUT2D eigenvalue weighted by atomic mass is 9.94. The van der Waals surface area contributed by atoms with Crippen molar-refractivity contribution in [3.05, 3.63) is 53.7 Å². The van der Waals surface area contributed by atoms with Crippen LogP contribution in [0.3, 0.4) is 0 Å². The second-order valence-corrected chi connectivity index (χ2v) is 10.4. The molecule has 1 aliphatic rings. The van der Waals surface area contributed by atoms with Crippen LogP contribution >= 0.6 is 0 Å². The third-order valence-electron chi connectivity index (χ3n) is 5.83. The van der Waals surface area contributed by atoms with Crippen LogP contribution in [0, 0.1) is 18.6 Å². The maximum Gasteiger partial charge on any atom is 0.236 e. The molecule has 172 valence electrons. The van der Waals surface area contributed by atoms with E-state index in [-0.39, 0.29) is 22.4 Å². The number of hydrogen-bond donors (Lipinski definition) is 1. The zero-order valence-corrected chi connectivity index (χ0v) is 19.4. The van der Waals surface area contributed by atoms with E-state index in [2.05, 4.69) is 15.5 Å². The number of aromatic nitrogens is 4. The third kappa shape index (κ3) is 3.02. The highest BCUT2D eigenvalue weighted by Crippen LogP contribution is 2.48. The minimum Gasteiger partial charge on any atom is -0.494 e. The van der Waals surface area contributed by atoms with E-state index in [4.69, 9.17) is 4.74 Å². The van der Waals surface area contributed by atoms with Crippen molar-refractivity contribution in [3.8, 4) is 22.6 Å². The molecule has 1 N–H and O–H groups in total. The molecule has 8 nitrogen and oxygen atoms in total. The first-order valence-corrected chi connectivity index (χ1v) is 11.9. The summed E-state index contributed by atoms with van der Waals surface area (Å²) in [6, 6.07) is 5.11. The lowest BCUT2D eigenvalue weighted by molar-refractivity contribution is 0.408. The smallest absolute Gasteiger partial charge is 0.236 e. The number of nitrogens with one attached hydrogen (secondary N) is 1. The van der Waals surface area contributed by atoms with Crippen molar-refractivity contribution in [2.75, 3.05) is 18.7 Å². The van der Waals surface area contributed by atoms with E-state index < -0.39 is 27.2 Å². The van der Waals surface area contributed by atoms with Crippen molar-refractivity contribution >= 4 is 26.6 Å². The van der Waals surface area contributed by atoms with Gasteiger partial charge in [-0.15, -0.1) is 10.2 Å². The van der Waals surface area contributed by atoms with Crippen LogP contribution in [-0.4, -0.2) is 40.5 Å². The van der Waals surface area contributed by atoms with E-state index in [9.17, 15) is 12.8 Å². The van der Waals surface area contributed by atoms with Gasteiger partial charge >= 0.3 is 0 Å². The zero-order valence-electron chi connectivity index (χ0n) is 18.6. The van der Waals surface area contributed by atoms with Crippen LogP contribution in [0.2, 0.25) is 0 Å². The summed E-state index contributed by atoms with van der Waals surface area (Å²) >= 11 is 0. The van der Waals surface area contributed by atoms with Gasteiger partial charge in [-0.05, 0) is 39.0 Å². The highest BCUT2D eigenvalue weighted by atomic mass is 32.2. The molecule has 0 spiro atoms. The van der Waals surface area contributed by atoms with Crippen LogP contribution in [0.1, 0.15) is 25.5 Å². The molecule has 0 saturated carbocycles. The number of anilines is 1. The Bertz CT molecular complexity index is 1570. The van der Waals surface area contributed by atoms with Crippen molar-refractivity contribution in [1.82, 2.24) is 18.7 Å². The summed E-state index contributed by atoms with van der Waals surface area (Å²) in [5, 5.41) is 12.1. The van der Waals surface area contributed by atoms with E-state index in [1.807, 2.05) is 13.8 Å². The molecular weight excluding hydrogens is 452 g/mol. The number of benzene rings is 2. The predicted molar refractivity (Wildman–Crippen MR) is 120 cm³/mol. The van der Waals surface area contributed by atoms with Gasteiger partial charge in [0, 0.05) is 23.2 Å². The SMILES string of the molecule is COc1c(-c2cc(F)cc3c2ccn3S(C)(=O)=O)c(F)cc2c1-n1c(C)nnc1C(C)(C)N2. The summed E-state index contributed by atoms with van der Waals surface area (Å²) < 4.78 is 63.1. The molecule has 3 heterocycles. The van der Waals surface area contributed by atoms with Gasteiger partial charge in [0.15, 0.2) is 11.6 Å². The van der Waals surface area contributed by atoms with Crippen LogP contribution in [0.15, 0.2) is 30.5 Å². The Kier molecular flexibility index (Phi) is 4.38. The average Bonchev–Trinajstić information content (AvgIpc) is 3.30. The third-order valence-corrected chi connectivity index (χ3v) is 6.86. The topological polar surface area (TPSA) is 91.0 Å². The predicted octanol–water partition coefficient (Wildman–Crippen LogP) is 3.95. The molecule has 0 saturated heterocycles. The number of methoxy groups -OCH3 is 1. The summed E-state index contributed by atoms with van der Waals surface area (Å²) in [7, 11) is -2.30. The maximum atomic E-state index is 15.7. The Morgan fingerprint density at radius 1 is 1.15 bits per heavy atom. The van der Waals surface area contributed by atoms with E-state index in [1.165, 1.54) is 31.5 Å². The fourth-order valence-corrected chi connectivity index (χ4v) is 5.28. The molecular formula is C22H21F2N5O3S. The van der Waals surface area contributed by atoms with Gasteiger partial charge in [0.05, 0.1) is 35.7 Å². The molecule has 4 aromatic rings. The molecule has 11 heteroatoms. The van der Waals surface area contributed by atoms with Crippen molar-refractivity contribution < 1.29 is 21.9 Å². The molecule has 2 aromatic heterocycles. The molecule has 33 heavy (non-hydrogen) atoms. The van der Waals surface area contributed by atoms with Gasteiger partial charge in [-0.2, -0.15) is 0 Å². The number of hydrogen-bond acceptors (Lipinski definition) is 6. The molecule has 0 unspecified atom stereocenters. The molecule has 1 aliphatic heterocycles. The van der Waals surface area contributed by atoms with E-state index in [0.29, 0.717) is 28.4 Å². The van der Waals surface area contributed by atoms with E-state index >= 15 is 4.39 Å². The van der Waals surface area contributed by atoms with E-state index in [1.54, 1.807) is 11.5 Å². The molecule has 0 bridgehead atoms. The normalized spacial score (nSPS) is 14.6. The summed E-state index contributed by atoms with van der Waals surface area (Å²) in [6.07, 6.45) is 2.33. The van der Waals surface area contributed by atoms with Crippen molar-refractivity contribution in [2.24, 2.45) is 0 Å². The molecule has 5 rings (SSSR count). The quantitative estimate of drug-likeness (QED) is 0.485. The van der Waals surface area contributed by atoms with Crippen LogP contribution < -0.4 is 10.1 Å². The minimum atomic E-state index is -3.70. The number of rotatable bonds is 3. The highest BCUT2D eigenvalue weighted by molar-refractivity contribution is 7.89. The van der Waals surface area contributed by atoms with Gasteiger partial charge < -0.3 is 10.1 Å². The van der Waals surface area contributed by atoms with Crippen LogP contribution in [-0.2, 0) is 15.6 Å². The summed E-state index contributed by atoms with van der Waals surface area (Å²) in [5.41, 5.74) is 0.605. The summed E-state index contributed by atoms with van der Waals surface area (Å²) in [4.78, 5) is 0. The standard InChI is InChI=1S/C22H21F2N5O3S/c1-11-26-27-21-22(2,3)25-16-10-15(24)18(20(32-4)19(16)29(11)21)14-8-12(23)9-17-13(14)6-7-28(17)33(5,30)31/h6-10,25H,1-5H3. The molecule has 0 radical (unpaired) electrons. The molecule has 0 fully saturated rings. The first kappa shape index (κ1) is 21.4. The van der Waals surface area contributed by atoms with Crippen LogP contribution in [0.25, 0.3) is 27.7 Å². The van der Waals surface area contributed by atoms with Crippen molar-refractivity contribution in [1.29, 1.82) is 0 Å². The Hall–Kier alpha value is -3.47. The van der Waals surface area contributed by atoms with Gasteiger partial charge in [0.2, 0.25) is 10.0 Å². The summed E-state index contributed by atoms with van der Waals surface area (Å²) in [6.45, 7) is 5.58. The van der Waals surface area contributed by atoms with Gasteiger partial charge in [-0.3, -0.25) is 4.57 Å². The van der Waals surface area contributed by atoms with Crippen LogP contribution in [0.5, 0.6) is 5.75 Å². The Morgan fingerprint density at radius 3 is 2.55 bits per heavy atom.